The summed E-state index contributed by atoms with van der Waals surface area (Å²) in [6.45, 7) is 41.9. The lowest BCUT2D eigenvalue weighted by Crippen LogP contribution is -2.51. The first kappa shape index (κ1) is 68.0. The third-order valence-corrected chi connectivity index (χ3v) is 14.2. The first-order valence-electron chi connectivity index (χ1n) is 28.9. The summed E-state index contributed by atoms with van der Waals surface area (Å²) in [5.41, 5.74) is 1.10. The predicted molar refractivity (Wildman–Crippen MR) is 305 cm³/mol. The molecule has 424 valence electrons. The number of oxime groups is 1. The number of hydrogen-bond donors (Lipinski definition) is 6. The van der Waals surface area contributed by atoms with E-state index in [9.17, 15) is 0 Å². The average molecular weight is 1010 g/mol. The van der Waals surface area contributed by atoms with E-state index in [-0.39, 0.29) is 6.10 Å². The van der Waals surface area contributed by atoms with Crippen LogP contribution in [0, 0.1) is 11.8 Å². The number of rotatable bonds is 20. The van der Waals surface area contributed by atoms with Crippen LogP contribution in [-0.2, 0) is 19.0 Å². The first-order valence-corrected chi connectivity index (χ1v) is 28.9. The molecule has 3 unspecified atom stereocenters. The van der Waals surface area contributed by atoms with Crippen molar-refractivity contribution in [2.24, 2.45) is 17.0 Å². The largest absolute Gasteiger partial charge is 0.391 e. The van der Waals surface area contributed by atoms with Crippen molar-refractivity contribution in [1.29, 1.82) is 0 Å². The molecule has 3 aliphatic heterocycles. The summed E-state index contributed by atoms with van der Waals surface area (Å²) in [6.07, 6.45) is 14.8. The lowest BCUT2D eigenvalue weighted by molar-refractivity contribution is 0.00110. The van der Waals surface area contributed by atoms with Gasteiger partial charge in [-0.25, -0.2) is 0 Å². The molecule has 3 aliphatic carbocycles. The van der Waals surface area contributed by atoms with Crippen LogP contribution in [0.15, 0.2) is 5.16 Å². The van der Waals surface area contributed by atoms with Crippen LogP contribution < -0.4 is 31.9 Å². The summed E-state index contributed by atoms with van der Waals surface area (Å²) >= 11 is 0. The van der Waals surface area contributed by atoms with Crippen LogP contribution in [0.2, 0.25) is 0 Å². The zero-order chi connectivity index (χ0) is 53.5. The van der Waals surface area contributed by atoms with Crippen molar-refractivity contribution >= 4 is 5.71 Å². The van der Waals surface area contributed by atoms with Gasteiger partial charge in [0, 0.05) is 125 Å². The van der Waals surface area contributed by atoms with Crippen molar-refractivity contribution in [3.8, 4) is 0 Å². The van der Waals surface area contributed by atoms with E-state index in [0.29, 0.717) is 54.4 Å². The number of nitrogens with one attached hydrogen (secondary N) is 6. The second-order valence-electron chi connectivity index (χ2n) is 24.2. The maximum Gasteiger partial charge on any atom is 0.145 e. The molecule has 6 rings (SSSR count). The van der Waals surface area contributed by atoms with Gasteiger partial charge in [-0.1, -0.05) is 88.2 Å². The Morgan fingerprint density at radius 1 is 0.592 bits per heavy atom. The average Bonchev–Trinajstić information content (AvgIpc) is 3.69. The van der Waals surface area contributed by atoms with Crippen LogP contribution in [0.3, 0.4) is 0 Å². The zero-order valence-electron chi connectivity index (χ0n) is 50.3. The quantitative estimate of drug-likeness (QED) is 0.0706. The molecule has 6 aliphatic rings. The number of nitrogens with zero attached hydrogens (tertiary/aromatic N) is 4. The fraction of sp³-hybridized carbons (Fsp3) is 0.982. The number of morpholine rings is 1. The van der Waals surface area contributed by atoms with Gasteiger partial charge in [-0.15, -0.1) is 0 Å². The highest BCUT2D eigenvalue weighted by molar-refractivity contribution is 5.82. The molecule has 14 heteroatoms. The van der Waals surface area contributed by atoms with Gasteiger partial charge < -0.3 is 60.7 Å². The van der Waals surface area contributed by atoms with Gasteiger partial charge in [-0.3, -0.25) is 4.90 Å². The van der Waals surface area contributed by atoms with E-state index >= 15 is 0 Å². The normalized spacial score (nSPS) is 26.6. The van der Waals surface area contributed by atoms with E-state index in [1.54, 1.807) is 7.11 Å². The fourth-order valence-electron chi connectivity index (χ4n) is 10.00. The van der Waals surface area contributed by atoms with Crippen LogP contribution in [-0.4, -0.2) is 200 Å². The Hall–Kier alpha value is -1.01. The molecule has 5 fully saturated rings. The molecule has 14 nitrogen and oxygen atoms in total. The molecule has 3 saturated carbocycles. The van der Waals surface area contributed by atoms with Crippen LogP contribution in [0.4, 0.5) is 0 Å². The topological polar surface area (TPSA) is 131 Å². The second kappa shape index (κ2) is 39.4. The molecule has 0 aromatic heterocycles. The van der Waals surface area contributed by atoms with Gasteiger partial charge in [0.05, 0.1) is 25.0 Å². The standard InChI is InChI=1S/C11H24N2.C10H22N2O.C10H21NO.C9H20N2.C9H19NO.C8H16N2O/c1-9(2)12-10-5-7-11(8-6-10)13(3)4;1-9(2)11-10(3)8-12-4-6-13-7-5-12;1-8(2)11-9(3)10-4-6-12-7-5-10;1-7(2)10-8-5-9(6-8)11(3)4;1-7(2)10-6-8-4-9(5-8)11-3;1-6(2)9-5-8-4-7(3)10-11-8/h9-12H,5-8H2,1-4H3;9-11H,4-8H2,1-3H3;8-11H,4-7H2,1-3H3;7-10H,5-6H2,1-4H3;7-10H,4-6H2,1-3H3;6,8-9H,4-5H2,1-3H3. The molecule has 0 radical (unpaired) electrons. The maximum absolute atomic E-state index is 5.33. The molecule has 6 N–H and O–H groups in total. The van der Waals surface area contributed by atoms with Crippen molar-refractivity contribution in [2.45, 2.75) is 259 Å². The minimum Gasteiger partial charge on any atom is -0.391 e. The van der Waals surface area contributed by atoms with Gasteiger partial charge in [0.1, 0.15) is 6.10 Å². The van der Waals surface area contributed by atoms with Crippen LogP contribution in [0.25, 0.3) is 0 Å². The Kier molecular flexibility index (Phi) is 37.7. The Bertz CT molecular complexity index is 1260. The first-order chi connectivity index (χ1) is 33.5. The SMILES string of the molecule is CC(C)NC(C)C1CCOCC1.CC(C)NC(C)CN1CCOCC1.CC(C)NC1CC(N(C)C)C1.CC(C)NC1CCC(N(C)C)CC1.CC1=NOC(CNC(C)C)C1.COC1CC(CNC(C)C)C1. The van der Waals surface area contributed by atoms with Crippen LogP contribution >= 0.6 is 0 Å². The summed E-state index contributed by atoms with van der Waals surface area (Å²) < 4.78 is 15.8. The van der Waals surface area contributed by atoms with E-state index in [4.69, 9.17) is 19.0 Å². The van der Waals surface area contributed by atoms with Gasteiger partial charge in [-0.2, -0.15) is 0 Å². The second-order valence-corrected chi connectivity index (χ2v) is 24.2. The highest BCUT2D eigenvalue weighted by atomic mass is 16.6. The maximum atomic E-state index is 5.33. The molecular weight excluding hydrogens is 889 g/mol. The van der Waals surface area contributed by atoms with Gasteiger partial charge in [0.25, 0.3) is 0 Å². The molecule has 3 heterocycles. The van der Waals surface area contributed by atoms with Crippen molar-refractivity contribution in [1.82, 2.24) is 46.6 Å². The Balaban J connectivity index is 0.000000427. The highest BCUT2D eigenvalue weighted by Gasteiger charge is 2.31. The van der Waals surface area contributed by atoms with Gasteiger partial charge in [0.15, 0.2) is 0 Å². The van der Waals surface area contributed by atoms with E-state index in [2.05, 4.69) is 177 Å². The van der Waals surface area contributed by atoms with E-state index < -0.39 is 0 Å². The zero-order valence-corrected chi connectivity index (χ0v) is 50.3. The van der Waals surface area contributed by atoms with Gasteiger partial charge >= 0.3 is 0 Å². The summed E-state index contributed by atoms with van der Waals surface area (Å²) in [7, 11) is 10.5. The summed E-state index contributed by atoms with van der Waals surface area (Å²) in [5, 5.41) is 24.8. The van der Waals surface area contributed by atoms with Gasteiger partial charge in [-0.05, 0) is 132 Å². The van der Waals surface area contributed by atoms with Crippen LogP contribution in [0.1, 0.15) is 174 Å². The smallest absolute Gasteiger partial charge is 0.145 e. The summed E-state index contributed by atoms with van der Waals surface area (Å²) in [4.78, 5) is 12.3. The molecule has 71 heavy (non-hydrogen) atoms. The highest BCUT2D eigenvalue weighted by Crippen LogP contribution is 2.29. The third-order valence-electron chi connectivity index (χ3n) is 14.2. The minimum absolute atomic E-state index is 0.261. The van der Waals surface area contributed by atoms with E-state index in [1.165, 1.54) is 64.2 Å². The summed E-state index contributed by atoms with van der Waals surface area (Å²) in [6, 6.07) is 8.04. The molecule has 0 bridgehead atoms. The fourth-order valence-corrected chi connectivity index (χ4v) is 10.00. The summed E-state index contributed by atoms with van der Waals surface area (Å²) in [5.74, 6) is 1.68. The molecule has 3 atom stereocenters. The lowest BCUT2D eigenvalue weighted by Gasteiger charge is -2.41. The molecular formula is C57H122N10O4. The molecule has 2 saturated heterocycles. The number of hydrogen-bond acceptors (Lipinski definition) is 14. The number of methoxy groups -OCH3 is 1. The molecule has 0 aromatic carbocycles. The molecule has 0 aromatic rings. The predicted octanol–water partition coefficient (Wildman–Crippen LogP) is 8.00. The number of ether oxygens (including phenoxy) is 3. The molecule has 0 amide bonds. The van der Waals surface area contributed by atoms with Crippen molar-refractivity contribution < 1.29 is 19.0 Å². The minimum atomic E-state index is 0.261. The Morgan fingerprint density at radius 3 is 1.55 bits per heavy atom. The van der Waals surface area contributed by atoms with Crippen LogP contribution in [0.5, 0.6) is 0 Å². The van der Waals surface area contributed by atoms with Crippen molar-refractivity contribution in [3.05, 3.63) is 0 Å². The Morgan fingerprint density at radius 2 is 1.10 bits per heavy atom. The van der Waals surface area contributed by atoms with E-state index in [0.717, 1.165) is 107 Å². The monoisotopic (exact) mass is 1010 g/mol. The third kappa shape index (κ3) is 35.0. The van der Waals surface area contributed by atoms with Crippen molar-refractivity contribution in [3.63, 3.8) is 0 Å². The van der Waals surface area contributed by atoms with E-state index in [1.807, 2.05) is 6.92 Å². The Labute approximate surface area is 440 Å². The lowest BCUT2D eigenvalue weighted by atomic mass is 9.82. The molecule has 0 spiro atoms. The van der Waals surface area contributed by atoms with Crippen molar-refractivity contribution in [2.75, 3.05) is 94.5 Å². The van der Waals surface area contributed by atoms with Gasteiger partial charge in [0.2, 0.25) is 0 Å².